The van der Waals surface area contributed by atoms with E-state index in [-0.39, 0.29) is 5.56 Å². The van der Waals surface area contributed by atoms with Crippen LogP contribution in [-0.4, -0.2) is 53.6 Å². The van der Waals surface area contributed by atoms with Crippen LogP contribution in [0.15, 0.2) is 41.8 Å². The van der Waals surface area contributed by atoms with Crippen molar-refractivity contribution in [3.8, 4) is 0 Å². The van der Waals surface area contributed by atoms with Gasteiger partial charge in [0.25, 0.3) is 5.56 Å². The number of nitrogens with zero attached hydrogens (tertiary/aromatic N) is 3. The number of aryl methyl sites for hydroxylation is 1. The quantitative estimate of drug-likeness (QED) is 0.718. The third kappa shape index (κ3) is 4.85. The van der Waals surface area contributed by atoms with E-state index in [0.717, 1.165) is 74.6 Å². The molecule has 3 heterocycles. The second-order valence-electron chi connectivity index (χ2n) is 8.72. The summed E-state index contributed by atoms with van der Waals surface area (Å²) in [7, 11) is 0. The van der Waals surface area contributed by atoms with Crippen LogP contribution in [0, 0.1) is 0 Å². The third-order valence-electron chi connectivity index (χ3n) is 6.88. The molecule has 1 aliphatic heterocycles. The van der Waals surface area contributed by atoms with Crippen LogP contribution in [0.5, 0.6) is 0 Å². The number of hydrogen-bond acceptors (Lipinski definition) is 5. The van der Waals surface area contributed by atoms with Crippen molar-refractivity contribution in [1.29, 1.82) is 0 Å². The number of H-pyrrole nitrogens is 1. The van der Waals surface area contributed by atoms with E-state index in [9.17, 15) is 4.79 Å². The summed E-state index contributed by atoms with van der Waals surface area (Å²) in [6.07, 6.45) is 6.27. The highest BCUT2D eigenvalue weighted by Gasteiger charge is 2.32. The minimum absolute atomic E-state index is 0.0887. The molecule has 31 heavy (non-hydrogen) atoms. The summed E-state index contributed by atoms with van der Waals surface area (Å²) in [5.41, 5.74) is 5.06. The molecule has 0 radical (unpaired) electrons. The van der Waals surface area contributed by atoms with Crippen LogP contribution in [0.1, 0.15) is 56.0 Å². The fraction of sp³-hybridized carbons (Fsp3) is 0.520. The maximum Gasteiger partial charge on any atom is 0.251 e. The van der Waals surface area contributed by atoms with E-state index in [1.165, 1.54) is 12.1 Å². The van der Waals surface area contributed by atoms with Crippen molar-refractivity contribution in [3.05, 3.63) is 64.3 Å². The van der Waals surface area contributed by atoms with Gasteiger partial charge < -0.3 is 15.2 Å². The highest BCUT2D eigenvalue weighted by Crippen LogP contribution is 2.36. The van der Waals surface area contributed by atoms with Crippen molar-refractivity contribution >= 4 is 11.4 Å². The van der Waals surface area contributed by atoms with Crippen LogP contribution in [0.4, 0.5) is 5.69 Å². The molecule has 2 aliphatic rings. The Morgan fingerprint density at radius 3 is 2.61 bits per heavy atom. The molecule has 2 atom stereocenters. The Balaban J connectivity index is 1.31. The molecule has 166 valence electrons. The first-order chi connectivity index (χ1) is 15.1. The van der Waals surface area contributed by atoms with Crippen molar-refractivity contribution in [2.75, 3.05) is 37.6 Å². The predicted octanol–water partition coefficient (Wildman–Crippen LogP) is 3.37. The Morgan fingerprint density at radius 2 is 1.97 bits per heavy atom. The first-order valence-corrected chi connectivity index (χ1v) is 11.7. The van der Waals surface area contributed by atoms with Crippen molar-refractivity contribution < 1.29 is 0 Å². The van der Waals surface area contributed by atoms with Gasteiger partial charge in [-0.05, 0) is 50.8 Å². The Labute approximate surface area is 185 Å². The first kappa shape index (κ1) is 21.6. The van der Waals surface area contributed by atoms with Gasteiger partial charge in [0.15, 0.2) is 0 Å². The molecule has 1 saturated carbocycles. The lowest BCUT2D eigenvalue weighted by Crippen LogP contribution is -2.49. The number of aromatic amines is 1. The van der Waals surface area contributed by atoms with Crippen molar-refractivity contribution in [2.24, 2.45) is 0 Å². The van der Waals surface area contributed by atoms with E-state index in [1.807, 2.05) is 19.2 Å². The maximum absolute atomic E-state index is 12.2. The summed E-state index contributed by atoms with van der Waals surface area (Å²) >= 11 is 0. The van der Waals surface area contributed by atoms with Crippen LogP contribution >= 0.6 is 0 Å². The molecule has 1 aliphatic carbocycles. The van der Waals surface area contributed by atoms with E-state index in [2.05, 4.69) is 56.8 Å². The van der Waals surface area contributed by atoms with Gasteiger partial charge in [-0.2, -0.15) is 0 Å². The lowest BCUT2D eigenvalue weighted by molar-refractivity contribution is 0.186. The highest BCUT2D eigenvalue weighted by atomic mass is 16.1. The second-order valence-corrected chi connectivity index (χ2v) is 8.72. The summed E-state index contributed by atoms with van der Waals surface area (Å²) < 4.78 is 0. The van der Waals surface area contributed by atoms with Gasteiger partial charge in [-0.1, -0.05) is 19.6 Å². The standard InChI is InChI=1S/C25H35N5O/c1-4-19-7-10-24(28-25(19)31)20-6-8-21(16-20)29-12-14-30(15-13-29)22-9-11-23(27-17-22)18(3)26-5-2/h7,9-11,17,20-21,26H,3-6,8,12-16H2,1-2H3,(H,28,31)/t20-,21+/m1/s1. The molecule has 2 fully saturated rings. The van der Waals surface area contributed by atoms with Crippen LogP contribution in [0.3, 0.4) is 0 Å². The van der Waals surface area contributed by atoms with Gasteiger partial charge in [-0.25, -0.2) is 0 Å². The van der Waals surface area contributed by atoms with Gasteiger partial charge >= 0.3 is 0 Å². The van der Waals surface area contributed by atoms with Crippen LogP contribution in [0.2, 0.25) is 0 Å². The molecule has 2 aromatic rings. The molecule has 0 aromatic carbocycles. The predicted molar refractivity (Wildman–Crippen MR) is 128 cm³/mol. The van der Waals surface area contributed by atoms with E-state index >= 15 is 0 Å². The third-order valence-corrected chi connectivity index (χ3v) is 6.88. The molecule has 0 unspecified atom stereocenters. The van der Waals surface area contributed by atoms with E-state index in [0.29, 0.717) is 12.0 Å². The molecule has 0 amide bonds. The van der Waals surface area contributed by atoms with Crippen molar-refractivity contribution in [1.82, 2.24) is 20.2 Å². The van der Waals surface area contributed by atoms with E-state index in [1.54, 1.807) is 0 Å². The first-order valence-electron chi connectivity index (χ1n) is 11.7. The molecule has 2 aromatic heterocycles. The topological polar surface area (TPSA) is 64.3 Å². The average molecular weight is 422 g/mol. The van der Waals surface area contributed by atoms with Gasteiger partial charge in [0, 0.05) is 55.9 Å². The van der Waals surface area contributed by atoms with Gasteiger partial charge in [0.1, 0.15) is 0 Å². The fourth-order valence-corrected chi connectivity index (χ4v) is 5.01. The largest absolute Gasteiger partial charge is 0.384 e. The summed E-state index contributed by atoms with van der Waals surface area (Å²) in [6, 6.07) is 8.96. The summed E-state index contributed by atoms with van der Waals surface area (Å²) in [5.74, 6) is 0.475. The number of aromatic nitrogens is 2. The lowest BCUT2D eigenvalue weighted by Gasteiger charge is -2.39. The molecule has 0 spiro atoms. The SMILES string of the molecule is C=C(NCC)c1ccc(N2CCN([C@H]3CC[C@@H](c4ccc(CC)c(=O)[nH]4)C3)CC2)cn1. The normalized spacial score (nSPS) is 21.9. The molecular formula is C25H35N5O. The monoisotopic (exact) mass is 421 g/mol. The minimum atomic E-state index is 0.0887. The van der Waals surface area contributed by atoms with Gasteiger partial charge in [0.05, 0.1) is 23.3 Å². The molecular weight excluding hydrogens is 386 g/mol. The summed E-state index contributed by atoms with van der Waals surface area (Å²) in [5, 5.41) is 3.23. The van der Waals surface area contributed by atoms with Gasteiger partial charge in [-0.3, -0.25) is 14.7 Å². The lowest BCUT2D eigenvalue weighted by atomic mass is 10.0. The Bertz CT molecular complexity index is 943. The Hall–Kier alpha value is -2.60. The molecule has 1 saturated heterocycles. The zero-order valence-corrected chi connectivity index (χ0v) is 18.9. The van der Waals surface area contributed by atoms with Gasteiger partial charge in [-0.15, -0.1) is 0 Å². The summed E-state index contributed by atoms with van der Waals surface area (Å²) in [6.45, 7) is 13.2. The Kier molecular flexibility index (Phi) is 6.76. The number of piperazine rings is 1. The average Bonchev–Trinajstić information content (AvgIpc) is 3.30. The fourth-order valence-electron chi connectivity index (χ4n) is 5.01. The van der Waals surface area contributed by atoms with Crippen molar-refractivity contribution in [2.45, 2.75) is 51.5 Å². The molecule has 4 rings (SSSR count). The van der Waals surface area contributed by atoms with Crippen LogP contribution < -0.4 is 15.8 Å². The second kappa shape index (κ2) is 9.69. The number of hydrogen-bond donors (Lipinski definition) is 2. The van der Waals surface area contributed by atoms with E-state index in [4.69, 9.17) is 0 Å². The van der Waals surface area contributed by atoms with Crippen LogP contribution in [0.25, 0.3) is 5.70 Å². The molecule has 6 nitrogen and oxygen atoms in total. The highest BCUT2D eigenvalue weighted by molar-refractivity contribution is 5.60. The Morgan fingerprint density at radius 1 is 1.16 bits per heavy atom. The summed E-state index contributed by atoms with van der Waals surface area (Å²) in [4.78, 5) is 25.0. The van der Waals surface area contributed by atoms with E-state index < -0.39 is 0 Å². The number of pyridine rings is 2. The number of rotatable bonds is 7. The molecule has 2 N–H and O–H groups in total. The number of anilines is 1. The molecule has 0 bridgehead atoms. The van der Waals surface area contributed by atoms with Crippen LogP contribution in [-0.2, 0) is 6.42 Å². The smallest absolute Gasteiger partial charge is 0.251 e. The minimum Gasteiger partial charge on any atom is -0.384 e. The molecule has 6 heteroatoms. The zero-order valence-electron chi connectivity index (χ0n) is 18.9. The van der Waals surface area contributed by atoms with Crippen molar-refractivity contribution in [3.63, 3.8) is 0 Å². The van der Waals surface area contributed by atoms with Gasteiger partial charge in [0.2, 0.25) is 0 Å². The number of nitrogens with one attached hydrogen (secondary N) is 2. The maximum atomic E-state index is 12.2. The zero-order chi connectivity index (χ0) is 21.8.